The Labute approximate surface area is 95.4 Å². The van der Waals surface area contributed by atoms with E-state index >= 15 is 0 Å². The highest BCUT2D eigenvalue weighted by atomic mass is 16.5. The Bertz CT molecular complexity index is 250. The minimum absolute atomic E-state index is 0.0622. The van der Waals surface area contributed by atoms with Gasteiger partial charge in [-0.3, -0.25) is 9.59 Å². The third kappa shape index (κ3) is 4.18. The number of aliphatic hydroxyl groups excluding tert-OH is 1. The monoisotopic (exact) mass is 229 g/mol. The number of hydrogen-bond acceptors (Lipinski definition) is 4. The van der Waals surface area contributed by atoms with Crippen molar-refractivity contribution in [2.24, 2.45) is 5.92 Å². The number of esters is 1. The average Bonchev–Trinajstić information content (AvgIpc) is 3.11. The van der Waals surface area contributed by atoms with Crippen LogP contribution in [-0.4, -0.2) is 48.7 Å². The lowest BCUT2D eigenvalue weighted by atomic mass is 10.3. The first kappa shape index (κ1) is 13.0. The number of carbonyl (C=O) groups is 2. The average molecular weight is 229 g/mol. The van der Waals surface area contributed by atoms with E-state index in [-0.39, 0.29) is 30.8 Å². The van der Waals surface area contributed by atoms with E-state index in [0.717, 1.165) is 12.8 Å². The molecule has 0 aromatic heterocycles. The highest BCUT2D eigenvalue weighted by molar-refractivity contribution is 5.81. The SMILES string of the molecule is COC(=O)CCN(CCCO)C(=O)C1CC1. The van der Waals surface area contributed by atoms with Gasteiger partial charge in [-0.15, -0.1) is 0 Å². The van der Waals surface area contributed by atoms with Crippen molar-refractivity contribution in [1.29, 1.82) is 0 Å². The Hall–Kier alpha value is -1.10. The fourth-order valence-corrected chi connectivity index (χ4v) is 1.51. The lowest BCUT2D eigenvalue weighted by Gasteiger charge is -2.21. The number of methoxy groups -OCH3 is 1. The third-order valence-corrected chi connectivity index (χ3v) is 2.64. The number of amides is 1. The molecule has 0 heterocycles. The molecule has 0 unspecified atom stereocenters. The van der Waals surface area contributed by atoms with Gasteiger partial charge in [0.15, 0.2) is 0 Å². The smallest absolute Gasteiger partial charge is 0.307 e. The summed E-state index contributed by atoms with van der Waals surface area (Å²) in [7, 11) is 1.34. The summed E-state index contributed by atoms with van der Waals surface area (Å²) in [6.45, 7) is 0.970. The first-order valence-corrected chi connectivity index (χ1v) is 5.65. The number of aliphatic hydroxyl groups is 1. The van der Waals surface area contributed by atoms with Gasteiger partial charge in [-0.05, 0) is 19.3 Å². The van der Waals surface area contributed by atoms with Crippen LogP contribution in [0.15, 0.2) is 0 Å². The van der Waals surface area contributed by atoms with Gasteiger partial charge < -0.3 is 14.7 Å². The van der Waals surface area contributed by atoms with Crippen molar-refractivity contribution in [3.05, 3.63) is 0 Å². The van der Waals surface area contributed by atoms with E-state index in [9.17, 15) is 9.59 Å². The van der Waals surface area contributed by atoms with E-state index in [4.69, 9.17) is 5.11 Å². The van der Waals surface area contributed by atoms with Crippen molar-refractivity contribution in [3.8, 4) is 0 Å². The van der Waals surface area contributed by atoms with Gasteiger partial charge in [-0.1, -0.05) is 0 Å². The summed E-state index contributed by atoms with van der Waals surface area (Å²) in [6, 6.07) is 0. The summed E-state index contributed by atoms with van der Waals surface area (Å²) >= 11 is 0. The fourth-order valence-electron chi connectivity index (χ4n) is 1.51. The van der Waals surface area contributed by atoms with Crippen LogP contribution in [-0.2, 0) is 14.3 Å². The molecular weight excluding hydrogens is 210 g/mol. The molecule has 0 spiro atoms. The zero-order chi connectivity index (χ0) is 12.0. The van der Waals surface area contributed by atoms with Crippen LogP contribution >= 0.6 is 0 Å². The molecule has 0 radical (unpaired) electrons. The molecule has 1 aliphatic carbocycles. The zero-order valence-corrected chi connectivity index (χ0v) is 9.65. The molecular formula is C11H19NO4. The maximum absolute atomic E-state index is 11.8. The number of carbonyl (C=O) groups excluding carboxylic acids is 2. The Morgan fingerprint density at radius 3 is 2.56 bits per heavy atom. The quantitative estimate of drug-likeness (QED) is 0.632. The molecule has 92 valence electrons. The Kier molecular flexibility index (Phi) is 5.25. The summed E-state index contributed by atoms with van der Waals surface area (Å²) < 4.78 is 4.53. The van der Waals surface area contributed by atoms with Gasteiger partial charge in [0, 0.05) is 25.6 Å². The Morgan fingerprint density at radius 2 is 2.06 bits per heavy atom. The fraction of sp³-hybridized carbons (Fsp3) is 0.818. The lowest BCUT2D eigenvalue weighted by Crippen LogP contribution is -2.35. The van der Waals surface area contributed by atoms with Crippen molar-refractivity contribution < 1.29 is 19.4 Å². The predicted molar refractivity (Wildman–Crippen MR) is 57.6 cm³/mol. The molecule has 1 fully saturated rings. The van der Waals surface area contributed by atoms with Crippen LogP contribution in [0.1, 0.15) is 25.7 Å². The minimum atomic E-state index is -0.308. The summed E-state index contributed by atoms with van der Waals surface area (Å²) in [5.74, 6) is -0.0497. The molecule has 16 heavy (non-hydrogen) atoms. The number of hydrogen-bond donors (Lipinski definition) is 1. The van der Waals surface area contributed by atoms with Crippen LogP contribution in [0.25, 0.3) is 0 Å². The maximum atomic E-state index is 11.8. The normalized spacial score (nSPS) is 14.6. The second-order valence-corrected chi connectivity index (χ2v) is 4.00. The molecule has 0 aromatic rings. The molecule has 1 N–H and O–H groups in total. The van der Waals surface area contributed by atoms with Crippen LogP contribution in [0.3, 0.4) is 0 Å². The van der Waals surface area contributed by atoms with Gasteiger partial charge in [-0.25, -0.2) is 0 Å². The standard InChI is InChI=1S/C11H19NO4/c1-16-10(14)5-7-12(6-2-8-13)11(15)9-3-4-9/h9,13H,2-8H2,1H3. The van der Waals surface area contributed by atoms with Crippen molar-refractivity contribution in [2.75, 3.05) is 26.8 Å². The Morgan fingerprint density at radius 1 is 1.38 bits per heavy atom. The second-order valence-electron chi connectivity index (χ2n) is 4.00. The lowest BCUT2D eigenvalue weighted by molar-refractivity contribution is -0.142. The molecule has 5 nitrogen and oxygen atoms in total. The Balaban J connectivity index is 2.36. The molecule has 1 rings (SSSR count). The minimum Gasteiger partial charge on any atom is -0.469 e. The number of nitrogens with zero attached hydrogens (tertiary/aromatic N) is 1. The van der Waals surface area contributed by atoms with E-state index in [1.165, 1.54) is 7.11 Å². The summed E-state index contributed by atoms with van der Waals surface area (Å²) in [5, 5.41) is 8.75. The van der Waals surface area contributed by atoms with Crippen molar-refractivity contribution in [3.63, 3.8) is 0 Å². The molecule has 0 atom stereocenters. The van der Waals surface area contributed by atoms with E-state index < -0.39 is 0 Å². The van der Waals surface area contributed by atoms with Crippen LogP contribution in [0.5, 0.6) is 0 Å². The van der Waals surface area contributed by atoms with Crippen molar-refractivity contribution in [2.45, 2.75) is 25.7 Å². The summed E-state index contributed by atoms with van der Waals surface area (Å²) in [6.07, 6.45) is 2.68. The van der Waals surface area contributed by atoms with E-state index in [2.05, 4.69) is 4.74 Å². The van der Waals surface area contributed by atoms with Crippen LogP contribution < -0.4 is 0 Å². The van der Waals surface area contributed by atoms with Gasteiger partial charge in [0.2, 0.25) is 5.91 Å². The third-order valence-electron chi connectivity index (χ3n) is 2.64. The highest BCUT2D eigenvalue weighted by Gasteiger charge is 2.33. The molecule has 0 bridgehead atoms. The van der Waals surface area contributed by atoms with Gasteiger partial charge in [-0.2, -0.15) is 0 Å². The largest absolute Gasteiger partial charge is 0.469 e. The molecule has 1 aliphatic rings. The van der Waals surface area contributed by atoms with E-state index in [0.29, 0.717) is 19.5 Å². The first-order valence-electron chi connectivity index (χ1n) is 5.65. The van der Waals surface area contributed by atoms with Gasteiger partial charge in [0.1, 0.15) is 0 Å². The van der Waals surface area contributed by atoms with Gasteiger partial charge in [0.05, 0.1) is 13.5 Å². The van der Waals surface area contributed by atoms with Crippen LogP contribution in [0.2, 0.25) is 0 Å². The van der Waals surface area contributed by atoms with Gasteiger partial charge in [0.25, 0.3) is 0 Å². The molecule has 0 saturated heterocycles. The van der Waals surface area contributed by atoms with E-state index in [1.54, 1.807) is 4.90 Å². The first-order chi connectivity index (χ1) is 7.69. The maximum Gasteiger partial charge on any atom is 0.307 e. The molecule has 1 amide bonds. The van der Waals surface area contributed by atoms with Crippen LogP contribution in [0.4, 0.5) is 0 Å². The van der Waals surface area contributed by atoms with Crippen molar-refractivity contribution in [1.82, 2.24) is 4.90 Å². The zero-order valence-electron chi connectivity index (χ0n) is 9.65. The molecule has 1 saturated carbocycles. The van der Waals surface area contributed by atoms with E-state index in [1.807, 2.05) is 0 Å². The molecule has 0 aromatic carbocycles. The van der Waals surface area contributed by atoms with Crippen molar-refractivity contribution >= 4 is 11.9 Å². The van der Waals surface area contributed by atoms with Gasteiger partial charge >= 0.3 is 5.97 Å². The highest BCUT2D eigenvalue weighted by Crippen LogP contribution is 2.31. The summed E-state index contributed by atoms with van der Waals surface area (Å²) in [4.78, 5) is 24.5. The number of rotatable bonds is 7. The topological polar surface area (TPSA) is 66.8 Å². The molecule has 5 heteroatoms. The van der Waals surface area contributed by atoms with Crippen LogP contribution in [0, 0.1) is 5.92 Å². The molecule has 0 aliphatic heterocycles. The summed E-state index contributed by atoms with van der Waals surface area (Å²) in [5.41, 5.74) is 0. The number of ether oxygens (including phenoxy) is 1. The second kappa shape index (κ2) is 6.48. The predicted octanol–water partition coefficient (Wildman–Crippen LogP) is 0.170.